The summed E-state index contributed by atoms with van der Waals surface area (Å²) < 4.78 is 70.8. The summed E-state index contributed by atoms with van der Waals surface area (Å²) in [5.74, 6) is -2.95. The molecule has 0 aromatic heterocycles. The molecule has 2 atom stereocenters. The molecule has 0 spiro atoms. The lowest BCUT2D eigenvalue weighted by Crippen LogP contribution is -2.39. The second kappa shape index (κ2) is 8.15. The quantitative estimate of drug-likeness (QED) is 0.664. The maximum absolute atomic E-state index is 13.2. The lowest BCUT2D eigenvalue weighted by Gasteiger charge is -2.35. The van der Waals surface area contributed by atoms with E-state index in [9.17, 15) is 26.0 Å². The van der Waals surface area contributed by atoms with E-state index in [1.807, 2.05) is 12.1 Å². The van der Waals surface area contributed by atoms with Crippen molar-refractivity contribution < 1.29 is 35.9 Å². The van der Waals surface area contributed by atoms with Gasteiger partial charge in [0.25, 0.3) is 0 Å². The first-order valence-electron chi connectivity index (χ1n) is 10.2. The molecule has 1 N–H and O–H groups in total. The van der Waals surface area contributed by atoms with Crippen molar-refractivity contribution in [1.29, 1.82) is 0 Å². The standard InChI is InChI=1S/C20H20FNO2S.C2HF3O2/c21-15-7-4-13(5-8-15)14-6-9-19-17(10-14)18-11-22(16-2-1-3-16)12-20(18)25(19,23)24;3-2(4,5)1(6)7/h4-10,16,18,20H,1-3,11-12H2;(H,6,7). The highest BCUT2D eigenvalue weighted by Crippen LogP contribution is 2.47. The molecule has 0 radical (unpaired) electrons. The monoisotopic (exact) mass is 471 g/mol. The lowest BCUT2D eigenvalue weighted by molar-refractivity contribution is -0.192. The van der Waals surface area contributed by atoms with Crippen LogP contribution < -0.4 is 0 Å². The fourth-order valence-electron chi connectivity index (χ4n) is 4.55. The van der Waals surface area contributed by atoms with Crippen LogP contribution >= 0.6 is 0 Å². The van der Waals surface area contributed by atoms with Gasteiger partial charge in [0.2, 0.25) is 0 Å². The summed E-state index contributed by atoms with van der Waals surface area (Å²) in [7, 11) is -3.24. The predicted molar refractivity (Wildman–Crippen MR) is 108 cm³/mol. The molecule has 0 bridgehead atoms. The Balaban J connectivity index is 0.000000307. The number of hydrogen-bond donors (Lipinski definition) is 1. The number of halogens is 4. The zero-order chi connectivity index (χ0) is 23.3. The fraction of sp³-hybridized carbons (Fsp3) is 0.409. The Morgan fingerprint density at radius 1 is 1.00 bits per heavy atom. The van der Waals surface area contributed by atoms with Crippen LogP contribution in [0.2, 0.25) is 0 Å². The van der Waals surface area contributed by atoms with Gasteiger partial charge in [0.1, 0.15) is 5.82 Å². The number of fused-ring (bicyclic) bond motifs is 3. The van der Waals surface area contributed by atoms with Crippen LogP contribution in [0.5, 0.6) is 0 Å². The summed E-state index contributed by atoms with van der Waals surface area (Å²) in [6, 6.07) is 12.5. The van der Waals surface area contributed by atoms with Gasteiger partial charge in [0.05, 0.1) is 10.1 Å². The maximum atomic E-state index is 13.2. The number of carboxylic acid groups (broad SMARTS) is 1. The van der Waals surface area contributed by atoms with Crippen molar-refractivity contribution in [3.8, 4) is 11.1 Å². The number of aliphatic carboxylic acids is 1. The van der Waals surface area contributed by atoms with Crippen LogP contribution in [0.3, 0.4) is 0 Å². The summed E-state index contributed by atoms with van der Waals surface area (Å²) in [6.07, 6.45) is -1.43. The average Bonchev–Trinajstić information content (AvgIpc) is 3.19. The zero-order valence-electron chi connectivity index (χ0n) is 16.8. The van der Waals surface area contributed by atoms with Crippen molar-refractivity contribution in [1.82, 2.24) is 4.90 Å². The van der Waals surface area contributed by atoms with Gasteiger partial charge in [-0.25, -0.2) is 17.6 Å². The molecule has 2 aliphatic heterocycles. The van der Waals surface area contributed by atoms with Gasteiger partial charge in [0, 0.05) is 25.0 Å². The molecule has 2 aromatic carbocycles. The van der Waals surface area contributed by atoms with E-state index in [4.69, 9.17) is 9.90 Å². The molecule has 1 saturated carbocycles. The SMILES string of the molecule is O=C(O)C(F)(F)F.O=S1(=O)c2ccc(-c3ccc(F)cc3)cc2C2CN(C3CCC3)CC21. The molecule has 1 saturated heterocycles. The maximum Gasteiger partial charge on any atom is 0.490 e. The van der Waals surface area contributed by atoms with Crippen molar-refractivity contribution in [3.05, 3.63) is 53.8 Å². The van der Waals surface area contributed by atoms with Gasteiger partial charge in [-0.15, -0.1) is 0 Å². The first-order chi connectivity index (χ1) is 15.0. The highest BCUT2D eigenvalue weighted by molar-refractivity contribution is 7.92. The Hall–Kier alpha value is -2.46. The number of carbonyl (C=O) groups is 1. The van der Waals surface area contributed by atoms with E-state index in [-0.39, 0.29) is 17.0 Å². The van der Waals surface area contributed by atoms with Crippen LogP contribution in [0.1, 0.15) is 30.7 Å². The third kappa shape index (κ3) is 4.13. The van der Waals surface area contributed by atoms with Gasteiger partial charge < -0.3 is 5.11 Å². The first-order valence-corrected chi connectivity index (χ1v) is 11.7. The largest absolute Gasteiger partial charge is 0.490 e. The number of benzene rings is 2. The van der Waals surface area contributed by atoms with Crippen LogP contribution in [0.4, 0.5) is 17.6 Å². The van der Waals surface area contributed by atoms with Gasteiger partial charge in [-0.1, -0.05) is 24.6 Å². The van der Waals surface area contributed by atoms with Crippen LogP contribution in [-0.4, -0.2) is 55.0 Å². The van der Waals surface area contributed by atoms with Crippen molar-refractivity contribution in [2.75, 3.05) is 13.1 Å². The third-order valence-corrected chi connectivity index (χ3v) is 8.68. The summed E-state index contributed by atoms with van der Waals surface area (Å²) in [4.78, 5) is 11.8. The predicted octanol–water partition coefficient (Wildman–Crippen LogP) is 4.23. The molecule has 2 unspecified atom stereocenters. The number of hydrogen-bond acceptors (Lipinski definition) is 4. The average molecular weight is 471 g/mol. The van der Waals surface area contributed by atoms with E-state index >= 15 is 0 Å². The summed E-state index contributed by atoms with van der Waals surface area (Å²) in [6.45, 7) is 1.51. The lowest BCUT2D eigenvalue weighted by atomic mass is 9.91. The molecule has 2 fully saturated rings. The van der Waals surface area contributed by atoms with Crippen LogP contribution in [0.25, 0.3) is 11.1 Å². The molecule has 5 nitrogen and oxygen atoms in total. The summed E-state index contributed by atoms with van der Waals surface area (Å²) in [5, 5.41) is 6.83. The number of likely N-dealkylation sites (tertiary alicyclic amines) is 1. The highest BCUT2D eigenvalue weighted by Gasteiger charge is 2.51. The summed E-state index contributed by atoms with van der Waals surface area (Å²) >= 11 is 0. The smallest absolute Gasteiger partial charge is 0.475 e. The van der Waals surface area contributed by atoms with E-state index in [0.717, 1.165) is 23.2 Å². The number of alkyl halides is 3. The van der Waals surface area contributed by atoms with Gasteiger partial charge in [-0.2, -0.15) is 13.2 Å². The minimum absolute atomic E-state index is 0.0704. The molecule has 0 amide bonds. The molecule has 32 heavy (non-hydrogen) atoms. The first kappa shape index (κ1) is 22.7. The Morgan fingerprint density at radius 2 is 1.59 bits per heavy atom. The zero-order valence-corrected chi connectivity index (χ0v) is 17.7. The second-order valence-corrected chi connectivity index (χ2v) is 10.4. The fourth-order valence-corrected chi connectivity index (χ4v) is 6.72. The van der Waals surface area contributed by atoms with E-state index < -0.39 is 22.0 Å². The molecule has 10 heteroatoms. The number of sulfone groups is 1. The van der Waals surface area contributed by atoms with Crippen LogP contribution in [-0.2, 0) is 14.6 Å². The molecule has 2 heterocycles. The Morgan fingerprint density at radius 3 is 2.12 bits per heavy atom. The van der Waals surface area contributed by atoms with Crippen molar-refractivity contribution in [2.45, 2.75) is 47.5 Å². The van der Waals surface area contributed by atoms with Crippen LogP contribution in [0, 0.1) is 5.82 Å². The number of nitrogens with zero attached hydrogens (tertiary/aromatic N) is 1. The molecule has 172 valence electrons. The minimum atomic E-state index is -5.08. The van der Waals surface area contributed by atoms with Gasteiger partial charge in [-0.3, -0.25) is 4.90 Å². The Kier molecular flexibility index (Phi) is 5.79. The number of carboxylic acids is 1. The van der Waals surface area contributed by atoms with Crippen molar-refractivity contribution in [2.24, 2.45) is 0 Å². The van der Waals surface area contributed by atoms with E-state index in [0.29, 0.717) is 17.5 Å². The van der Waals surface area contributed by atoms with Gasteiger partial charge in [0.15, 0.2) is 9.84 Å². The Bertz CT molecular complexity index is 1130. The molecule has 5 rings (SSSR count). The van der Waals surface area contributed by atoms with Crippen molar-refractivity contribution >= 4 is 15.8 Å². The van der Waals surface area contributed by atoms with Crippen molar-refractivity contribution in [3.63, 3.8) is 0 Å². The highest BCUT2D eigenvalue weighted by atomic mass is 32.2. The normalized spacial score (nSPS) is 24.1. The molecular weight excluding hydrogens is 450 g/mol. The van der Waals surface area contributed by atoms with E-state index in [1.54, 1.807) is 18.2 Å². The number of rotatable bonds is 2. The summed E-state index contributed by atoms with van der Waals surface area (Å²) in [5.41, 5.74) is 2.82. The van der Waals surface area contributed by atoms with Gasteiger partial charge in [-0.05, 0) is 53.8 Å². The molecule has 2 aromatic rings. The molecule has 1 aliphatic carbocycles. The molecular formula is C22H21F4NO4S. The Labute approximate surface area is 182 Å². The third-order valence-electron chi connectivity index (χ3n) is 6.42. The van der Waals surface area contributed by atoms with Gasteiger partial charge >= 0.3 is 12.1 Å². The van der Waals surface area contributed by atoms with Crippen LogP contribution in [0.15, 0.2) is 47.4 Å². The van der Waals surface area contributed by atoms with E-state index in [2.05, 4.69) is 4.90 Å². The minimum Gasteiger partial charge on any atom is -0.475 e. The topological polar surface area (TPSA) is 74.7 Å². The second-order valence-electron chi connectivity index (χ2n) is 8.29. The molecule has 3 aliphatic rings. The van der Waals surface area contributed by atoms with E-state index in [1.165, 1.54) is 31.4 Å².